The summed E-state index contributed by atoms with van der Waals surface area (Å²) in [7, 11) is 3.13. The van der Waals surface area contributed by atoms with Gasteiger partial charge in [-0.15, -0.1) is 5.10 Å². The predicted octanol–water partition coefficient (Wildman–Crippen LogP) is 1.59. The second-order valence-corrected chi connectivity index (χ2v) is 6.24. The normalized spacial score (nSPS) is 16.4. The Hall–Kier alpha value is -2.48. The zero-order chi connectivity index (χ0) is 17.7. The first-order valence-corrected chi connectivity index (χ1v) is 8.42. The molecule has 0 unspecified atom stereocenters. The van der Waals surface area contributed by atoms with Crippen LogP contribution in [0.4, 0.5) is 0 Å². The standard InChI is InChI=1S/C17H23N5O3/c1-24-12-15(23)18-17(9-4-3-5-10-17)16-19-20-21-22(16)13-7-6-8-14(11-13)25-2/h6-8,11H,3-5,9-10,12H2,1-2H3,(H,18,23). The Morgan fingerprint density at radius 3 is 2.80 bits per heavy atom. The number of aromatic nitrogens is 4. The quantitative estimate of drug-likeness (QED) is 0.855. The third-order valence-electron chi connectivity index (χ3n) is 4.56. The molecule has 1 amide bonds. The van der Waals surface area contributed by atoms with E-state index in [0.717, 1.165) is 43.5 Å². The second-order valence-electron chi connectivity index (χ2n) is 6.24. The SMILES string of the molecule is COCC(=O)NC1(c2nnnn2-c2cccc(OC)c2)CCCCC1. The van der Waals surface area contributed by atoms with Crippen LogP contribution in [-0.4, -0.2) is 46.9 Å². The van der Waals surface area contributed by atoms with Gasteiger partial charge in [0.25, 0.3) is 0 Å². The summed E-state index contributed by atoms with van der Waals surface area (Å²) in [4.78, 5) is 12.2. The lowest BCUT2D eigenvalue weighted by molar-refractivity contribution is -0.127. The number of tetrazole rings is 1. The van der Waals surface area contributed by atoms with E-state index >= 15 is 0 Å². The molecular weight excluding hydrogens is 322 g/mol. The van der Waals surface area contributed by atoms with Crippen molar-refractivity contribution in [2.24, 2.45) is 0 Å². The maximum Gasteiger partial charge on any atom is 0.246 e. The first-order chi connectivity index (χ1) is 12.2. The van der Waals surface area contributed by atoms with Gasteiger partial charge in [-0.2, -0.15) is 4.68 Å². The van der Waals surface area contributed by atoms with Crippen molar-refractivity contribution in [3.05, 3.63) is 30.1 Å². The highest BCUT2D eigenvalue weighted by Gasteiger charge is 2.40. The fourth-order valence-electron chi connectivity index (χ4n) is 3.40. The first-order valence-electron chi connectivity index (χ1n) is 8.42. The zero-order valence-corrected chi connectivity index (χ0v) is 14.6. The molecule has 134 valence electrons. The average molecular weight is 345 g/mol. The summed E-state index contributed by atoms with van der Waals surface area (Å²) in [5.41, 5.74) is 0.214. The molecule has 0 bridgehead atoms. The smallest absolute Gasteiger partial charge is 0.246 e. The summed E-state index contributed by atoms with van der Waals surface area (Å²) in [6.07, 6.45) is 4.76. The van der Waals surface area contributed by atoms with Crippen LogP contribution in [0.25, 0.3) is 5.69 Å². The topological polar surface area (TPSA) is 91.2 Å². The number of carbonyl (C=O) groups excluding carboxylic acids is 1. The Kier molecular flexibility index (Phi) is 5.28. The van der Waals surface area contributed by atoms with Gasteiger partial charge in [-0.25, -0.2) is 0 Å². The van der Waals surface area contributed by atoms with Crippen molar-refractivity contribution in [2.45, 2.75) is 37.6 Å². The number of nitrogens with one attached hydrogen (secondary N) is 1. The van der Waals surface area contributed by atoms with Crippen LogP contribution >= 0.6 is 0 Å². The van der Waals surface area contributed by atoms with Crippen molar-refractivity contribution in [3.8, 4) is 11.4 Å². The van der Waals surface area contributed by atoms with Crippen molar-refractivity contribution in [1.29, 1.82) is 0 Å². The first kappa shape index (κ1) is 17.3. The summed E-state index contributed by atoms with van der Waals surface area (Å²) in [5.74, 6) is 1.20. The van der Waals surface area contributed by atoms with E-state index in [0.29, 0.717) is 5.82 Å². The molecule has 1 aromatic carbocycles. The third kappa shape index (κ3) is 3.63. The number of carbonyl (C=O) groups is 1. The molecule has 1 aliphatic rings. The highest BCUT2D eigenvalue weighted by molar-refractivity contribution is 5.78. The van der Waals surface area contributed by atoms with E-state index in [1.165, 1.54) is 7.11 Å². The van der Waals surface area contributed by atoms with Crippen molar-refractivity contribution >= 4 is 5.91 Å². The molecule has 1 aromatic heterocycles. The highest BCUT2D eigenvalue weighted by Crippen LogP contribution is 2.36. The van der Waals surface area contributed by atoms with Crippen LogP contribution in [0, 0.1) is 0 Å². The zero-order valence-electron chi connectivity index (χ0n) is 14.6. The molecular formula is C17H23N5O3. The Bertz CT molecular complexity index is 725. The lowest BCUT2D eigenvalue weighted by atomic mass is 9.80. The lowest BCUT2D eigenvalue weighted by Gasteiger charge is -2.36. The molecule has 1 heterocycles. The number of nitrogens with zero attached hydrogens (tertiary/aromatic N) is 4. The monoisotopic (exact) mass is 345 g/mol. The van der Waals surface area contributed by atoms with E-state index in [1.54, 1.807) is 11.8 Å². The van der Waals surface area contributed by atoms with E-state index in [1.807, 2.05) is 24.3 Å². The number of hydrogen-bond acceptors (Lipinski definition) is 6. The second kappa shape index (κ2) is 7.60. The van der Waals surface area contributed by atoms with Gasteiger partial charge in [0.2, 0.25) is 5.91 Å². The van der Waals surface area contributed by atoms with Crippen LogP contribution in [0.5, 0.6) is 5.75 Å². The van der Waals surface area contributed by atoms with Gasteiger partial charge in [0.05, 0.1) is 12.8 Å². The Morgan fingerprint density at radius 2 is 2.08 bits per heavy atom. The maximum absolute atomic E-state index is 12.2. The molecule has 2 aromatic rings. The number of hydrogen-bond donors (Lipinski definition) is 1. The molecule has 3 rings (SSSR count). The minimum atomic E-state index is -0.583. The Labute approximate surface area is 146 Å². The molecule has 1 aliphatic carbocycles. The minimum absolute atomic E-state index is 0.0163. The summed E-state index contributed by atoms with van der Waals surface area (Å²) in [6.45, 7) is 0.0163. The van der Waals surface area contributed by atoms with E-state index in [4.69, 9.17) is 9.47 Å². The van der Waals surface area contributed by atoms with E-state index in [9.17, 15) is 4.79 Å². The number of amides is 1. The largest absolute Gasteiger partial charge is 0.497 e. The molecule has 0 saturated heterocycles. The molecule has 8 nitrogen and oxygen atoms in total. The summed E-state index contributed by atoms with van der Waals surface area (Å²) < 4.78 is 11.9. The third-order valence-corrected chi connectivity index (χ3v) is 4.56. The molecule has 0 aliphatic heterocycles. The summed E-state index contributed by atoms with van der Waals surface area (Å²) >= 11 is 0. The predicted molar refractivity (Wildman–Crippen MR) is 90.5 cm³/mol. The molecule has 1 saturated carbocycles. The molecule has 0 atom stereocenters. The molecule has 25 heavy (non-hydrogen) atoms. The average Bonchev–Trinajstić information content (AvgIpc) is 3.13. The van der Waals surface area contributed by atoms with Gasteiger partial charge in [-0.3, -0.25) is 4.79 Å². The van der Waals surface area contributed by atoms with Gasteiger partial charge in [0, 0.05) is 13.2 Å². The summed E-state index contributed by atoms with van der Waals surface area (Å²) in [6, 6.07) is 7.53. The van der Waals surface area contributed by atoms with Crippen molar-refractivity contribution in [3.63, 3.8) is 0 Å². The number of rotatable bonds is 6. The van der Waals surface area contributed by atoms with E-state index in [2.05, 4.69) is 20.8 Å². The van der Waals surface area contributed by atoms with Gasteiger partial charge < -0.3 is 14.8 Å². The van der Waals surface area contributed by atoms with Gasteiger partial charge in [0.1, 0.15) is 17.9 Å². The molecule has 0 radical (unpaired) electrons. The van der Waals surface area contributed by atoms with Crippen LogP contribution in [0.2, 0.25) is 0 Å². The molecule has 8 heteroatoms. The van der Waals surface area contributed by atoms with Gasteiger partial charge in [-0.05, 0) is 35.4 Å². The van der Waals surface area contributed by atoms with Crippen molar-refractivity contribution < 1.29 is 14.3 Å². The molecule has 1 fully saturated rings. The van der Waals surface area contributed by atoms with Crippen LogP contribution in [0.1, 0.15) is 37.9 Å². The number of benzene rings is 1. The Morgan fingerprint density at radius 1 is 1.28 bits per heavy atom. The number of methoxy groups -OCH3 is 2. The van der Waals surface area contributed by atoms with Crippen molar-refractivity contribution in [1.82, 2.24) is 25.5 Å². The maximum atomic E-state index is 12.2. The number of ether oxygens (including phenoxy) is 2. The van der Waals surface area contributed by atoms with Gasteiger partial charge in [-0.1, -0.05) is 25.3 Å². The van der Waals surface area contributed by atoms with Crippen LogP contribution < -0.4 is 10.1 Å². The Balaban J connectivity index is 1.99. The van der Waals surface area contributed by atoms with Crippen LogP contribution in [-0.2, 0) is 15.1 Å². The van der Waals surface area contributed by atoms with E-state index in [-0.39, 0.29) is 12.5 Å². The summed E-state index contributed by atoms with van der Waals surface area (Å²) in [5, 5.41) is 15.4. The van der Waals surface area contributed by atoms with Crippen LogP contribution in [0.15, 0.2) is 24.3 Å². The van der Waals surface area contributed by atoms with E-state index < -0.39 is 5.54 Å². The van der Waals surface area contributed by atoms with Crippen molar-refractivity contribution in [2.75, 3.05) is 20.8 Å². The molecule has 0 spiro atoms. The van der Waals surface area contributed by atoms with Crippen LogP contribution in [0.3, 0.4) is 0 Å². The van der Waals surface area contributed by atoms with Gasteiger partial charge in [0.15, 0.2) is 5.82 Å². The fraction of sp³-hybridized carbons (Fsp3) is 0.529. The molecule has 1 N–H and O–H groups in total. The minimum Gasteiger partial charge on any atom is -0.497 e. The lowest BCUT2D eigenvalue weighted by Crippen LogP contribution is -2.50. The van der Waals surface area contributed by atoms with Gasteiger partial charge >= 0.3 is 0 Å². The fourth-order valence-corrected chi connectivity index (χ4v) is 3.40. The highest BCUT2D eigenvalue weighted by atomic mass is 16.5.